The van der Waals surface area contributed by atoms with Crippen molar-refractivity contribution in [1.82, 2.24) is 5.32 Å². The highest BCUT2D eigenvalue weighted by Gasteiger charge is 2.09. The van der Waals surface area contributed by atoms with Crippen LogP contribution >= 0.6 is 0 Å². The summed E-state index contributed by atoms with van der Waals surface area (Å²) in [7, 11) is 1.34. The second-order valence-electron chi connectivity index (χ2n) is 5.57. The predicted molar refractivity (Wildman–Crippen MR) is 93.5 cm³/mol. The van der Waals surface area contributed by atoms with Gasteiger partial charge in [-0.1, -0.05) is 18.2 Å². The molecule has 1 aromatic heterocycles. The van der Waals surface area contributed by atoms with Gasteiger partial charge in [-0.15, -0.1) is 0 Å². The van der Waals surface area contributed by atoms with Crippen LogP contribution in [0.5, 0.6) is 5.75 Å². The fourth-order valence-electron chi connectivity index (χ4n) is 2.56. The van der Waals surface area contributed by atoms with E-state index in [9.17, 15) is 9.59 Å². The lowest BCUT2D eigenvalue weighted by atomic mass is 10.1. The van der Waals surface area contributed by atoms with Gasteiger partial charge in [-0.05, 0) is 30.7 Å². The van der Waals surface area contributed by atoms with Gasteiger partial charge >= 0.3 is 5.97 Å². The summed E-state index contributed by atoms with van der Waals surface area (Å²) < 4.78 is 15.8. The van der Waals surface area contributed by atoms with Crippen LogP contribution in [0.4, 0.5) is 0 Å². The molecule has 0 saturated carbocycles. The van der Waals surface area contributed by atoms with Crippen LogP contribution in [-0.2, 0) is 14.3 Å². The second kappa shape index (κ2) is 7.70. The number of carbonyl (C=O) groups excluding carboxylic acids is 2. The standard InChI is InChI=1S/C19H19NO5/c1-23-19(22)7-4-10-20-18(21)12-24-13-8-9-17-15(11-13)14-5-2-3-6-16(14)25-17/h2-3,5-6,8-9,11H,4,7,10,12H2,1H3,(H,20,21). The molecule has 0 spiro atoms. The van der Waals surface area contributed by atoms with E-state index in [1.165, 1.54) is 7.11 Å². The van der Waals surface area contributed by atoms with Crippen molar-refractivity contribution in [3.05, 3.63) is 42.5 Å². The minimum atomic E-state index is -0.286. The van der Waals surface area contributed by atoms with Crippen LogP contribution in [0.1, 0.15) is 12.8 Å². The molecule has 0 radical (unpaired) electrons. The van der Waals surface area contributed by atoms with Gasteiger partial charge < -0.3 is 19.2 Å². The van der Waals surface area contributed by atoms with E-state index in [1.807, 2.05) is 36.4 Å². The molecule has 0 fully saturated rings. The number of hydrogen-bond donors (Lipinski definition) is 1. The molecule has 2 aromatic carbocycles. The highest BCUT2D eigenvalue weighted by molar-refractivity contribution is 6.05. The lowest BCUT2D eigenvalue weighted by Crippen LogP contribution is -2.30. The number of carbonyl (C=O) groups is 2. The summed E-state index contributed by atoms with van der Waals surface area (Å²) in [4.78, 5) is 22.8. The summed E-state index contributed by atoms with van der Waals surface area (Å²) in [6, 6.07) is 13.2. The van der Waals surface area contributed by atoms with Gasteiger partial charge in [-0.2, -0.15) is 0 Å². The topological polar surface area (TPSA) is 77.8 Å². The highest BCUT2D eigenvalue weighted by Crippen LogP contribution is 2.31. The van der Waals surface area contributed by atoms with Gasteiger partial charge in [-0.25, -0.2) is 0 Å². The van der Waals surface area contributed by atoms with Crippen molar-refractivity contribution >= 4 is 33.8 Å². The Morgan fingerprint density at radius 3 is 2.72 bits per heavy atom. The van der Waals surface area contributed by atoms with E-state index in [1.54, 1.807) is 6.07 Å². The van der Waals surface area contributed by atoms with Gasteiger partial charge in [-0.3, -0.25) is 9.59 Å². The van der Waals surface area contributed by atoms with Crippen molar-refractivity contribution in [2.45, 2.75) is 12.8 Å². The summed E-state index contributed by atoms with van der Waals surface area (Å²) >= 11 is 0. The number of benzene rings is 2. The zero-order valence-corrected chi connectivity index (χ0v) is 13.9. The SMILES string of the molecule is COC(=O)CCCNC(=O)COc1ccc2oc3ccccc3c2c1. The first kappa shape index (κ1) is 16.8. The fraction of sp³-hybridized carbons (Fsp3) is 0.263. The number of ether oxygens (including phenoxy) is 2. The van der Waals surface area contributed by atoms with Crippen LogP contribution in [0, 0.1) is 0 Å². The largest absolute Gasteiger partial charge is 0.484 e. The second-order valence-corrected chi connectivity index (χ2v) is 5.57. The molecule has 1 amide bonds. The Morgan fingerprint density at radius 1 is 1.08 bits per heavy atom. The van der Waals surface area contributed by atoms with E-state index >= 15 is 0 Å². The number of furan rings is 1. The van der Waals surface area contributed by atoms with Gasteiger partial charge in [0.1, 0.15) is 16.9 Å². The molecule has 1 N–H and O–H groups in total. The van der Waals surface area contributed by atoms with Crippen molar-refractivity contribution < 1.29 is 23.5 Å². The summed E-state index contributed by atoms with van der Waals surface area (Å²) in [5, 5.41) is 4.66. The summed E-state index contributed by atoms with van der Waals surface area (Å²) in [6.45, 7) is 0.322. The maximum atomic E-state index is 11.8. The molecule has 130 valence electrons. The minimum absolute atomic E-state index is 0.0838. The van der Waals surface area contributed by atoms with Gasteiger partial charge in [0, 0.05) is 23.7 Å². The molecule has 0 aliphatic rings. The molecule has 0 saturated heterocycles. The Labute approximate surface area is 144 Å². The molecule has 1 heterocycles. The zero-order valence-electron chi connectivity index (χ0n) is 13.9. The van der Waals surface area contributed by atoms with Crippen LogP contribution in [0.25, 0.3) is 21.9 Å². The quantitative estimate of drug-likeness (QED) is 0.528. The van der Waals surface area contributed by atoms with Crippen molar-refractivity contribution in [1.29, 1.82) is 0 Å². The highest BCUT2D eigenvalue weighted by atomic mass is 16.5. The first-order valence-corrected chi connectivity index (χ1v) is 8.05. The van der Waals surface area contributed by atoms with E-state index in [4.69, 9.17) is 9.15 Å². The number of nitrogens with one attached hydrogen (secondary N) is 1. The first-order chi connectivity index (χ1) is 12.2. The number of esters is 1. The average molecular weight is 341 g/mol. The Balaban J connectivity index is 1.55. The van der Waals surface area contributed by atoms with Gasteiger partial charge in [0.2, 0.25) is 0 Å². The summed E-state index contributed by atoms with van der Waals surface area (Å²) in [5.41, 5.74) is 1.60. The van der Waals surface area contributed by atoms with Gasteiger partial charge in [0.05, 0.1) is 7.11 Å². The minimum Gasteiger partial charge on any atom is -0.484 e. The molecule has 6 nitrogen and oxygen atoms in total. The number of amides is 1. The molecule has 0 atom stereocenters. The van der Waals surface area contributed by atoms with Crippen LogP contribution in [0.3, 0.4) is 0 Å². The van der Waals surface area contributed by atoms with E-state index < -0.39 is 0 Å². The monoisotopic (exact) mass is 341 g/mol. The molecule has 0 aliphatic carbocycles. The third-order valence-electron chi connectivity index (χ3n) is 3.83. The number of methoxy groups -OCH3 is 1. The van der Waals surface area contributed by atoms with E-state index in [-0.39, 0.29) is 24.9 Å². The predicted octanol–water partition coefficient (Wildman–Crippen LogP) is 3.03. The van der Waals surface area contributed by atoms with Crippen molar-refractivity contribution in [3.8, 4) is 5.75 Å². The Morgan fingerprint density at radius 2 is 1.88 bits per heavy atom. The van der Waals surface area contributed by atoms with Gasteiger partial charge in [0.15, 0.2) is 6.61 Å². The normalized spacial score (nSPS) is 10.8. The average Bonchev–Trinajstić information content (AvgIpc) is 3.01. The third kappa shape index (κ3) is 4.09. The van der Waals surface area contributed by atoms with Crippen molar-refractivity contribution in [2.24, 2.45) is 0 Å². The van der Waals surface area contributed by atoms with E-state index in [0.29, 0.717) is 18.7 Å². The number of para-hydroxylation sites is 1. The first-order valence-electron chi connectivity index (χ1n) is 8.05. The molecule has 3 aromatic rings. The van der Waals surface area contributed by atoms with Crippen molar-refractivity contribution in [2.75, 3.05) is 20.3 Å². The lowest BCUT2D eigenvalue weighted by molar-refractivity contribution is -0.140. The number of fused-ring (bicyclic) bond motifs is 3. The Bertz CT molecular complexity index is 899. The molecule has 0 unspecified atom stereocenters. The molecule has 0 aliphatic heterocycles. The lowest BCUT2D eigenvalue weighted by Gasteiger charge is -2.07. The Hall–Kier alpha value is -3.02. The van der Waals surface area contributed by atoms with E-state index in [0.717, 1.165) is 21.9 Å². The zero-order chi connectivity index (χ0) is 17.6. The summed E-state index contributed by atoms with van der Waals surface area (Å²) in [6.07, 6.45) is 0.813. The van der Waals surface area contributed by atoms with Crippen LogP contribution in [0.15, 0.2) is 46.9 Å². The molecule has 3 rings (SSSR count). The Kier molecular flexibility index (Phi) is 5.18. The number of rotatable bonds is 7. The molecular formula is C19H19NO5. The van der Waals surface area contributed by atoms with E-state index in [2.05, 4.69) is 10.1 Å². The fourth-order valence-corrected chi connectivity index (χ4v) is 2.56. The van der Waals surface area contributed by atoms with Gasteiger partial charge in [0.25, 0.3) is 5.91 Å². The maximum absolute atomic E-state index is 11.8. The van der Waals surface area contributed by atoms with Crippen LogP contribution < -0.4 is 10.1 Å². The number of hydrogen-bond acceptors (Lipinski definition) is 5. The van der Waals surface area contributed by atoms with Crippen molar-refractivity contribution in [3.63, 3.8) is 0 Å². The summed E-state index contributed by atoms with van der Waals surface area (Å²) in [5.74, 6) is 0.0805. The smallest absolute Gasteiger partial charge is 0.305 e. The molecule has 0 bridgehead atoms. The maximum Gasteiger partial charge on any atom is 0.305 e. The molecular weight excluding hydrogens is 322 g/mol. The molecule has 25 heavy (non-hydrogen) atoms. The third-order valence-corrected chi connectivity index (χ3v) is 3.83. The molecule has 6 heteroatoms. The van der Waals surface area contributed by atoms with Crippen LogP contribution in [-0.4, -0.2) is 32.1 Å². The van der Waals surface area contributed by atoms with Crippen LogP contribution in [0.2, 0.25) is 0 Å².